The summed E-state index contributed by atoms with van der Waals surface area (Å²) >= 11 is 0. The van der Waals surface area contributed by atoms with E-state index in [1.165, 1.54) is 6.07 Å². The molecule has 0 aliphatic carbocycles. The number of sulfonamides is 1. The molecule has 1 fully saturated rings. The summed E-state index contributed by atoms with van der Waals surface area (Å²) in [4.78, 5) is 26.5. The van der Waals surface area contributed by atoms with Gasteiger partial charge in [0.05, 0.1) is 11.0 Å². The monoisotopic (exact) mass is 437 g/mol. The Morgan fingerprint density at radius 3 is 2.70 bits per heavy atom. The quantitative estimate of drug-likeness (QED) is 0.643. The summed E-state index contributed by atoms with van der Waals surface area (Å²) in [6.07, 6.45) is 2.87. The van der Waals surface area contributed by atoms with Crippen LogP contribution in [0.3, 0.4) is 0 Å². The fourth-order valence-corrected chi connectivity index (χ4v) is 5.25. The van der Waals surface area contributed by atoms with Crippen molar-refractivity contribution >= 4 is 27.5 Å². The fourth-order valence-electron chi connectivity index (χ4n) is 3.85. The SMILES string of the molecule is CCC(=O)N1CCc2cc(S(=O)(=O)N[C@H](C(=O)NC[C@H]3CCCO3)C(C)C)ccc21. The highest BCUT2D eigenvalue weighted by molar-refractivity contribution is 7.89. The van der Waals surface area contributed by atoms with Crippen LogP contribution in [-0.2, 0) is 30.8 Å². The summed E-state index contributed by atoms with van der Waals surface area (Å²) in [5, 5.41) is 2.81. The van der Waals surface area contributed by atoms with Crippen LogP contribution in [0.25, 0.3) is 0 Å². The maximum atomic E-state index is 13.0. The van der Waals surface area contributed by atoms with Crippen LogP contribution < -0.4 is 14.9 Å². The summed E-state index contributed by atoms with van der Waals surface area (Å²) < 4.78 is 34.0. The Labute approximate surface area is 178 Å². The second-order valence-corrected chi connectivity index (χ2v) is 9.88. The predicted molar refractivity (Wildman–Crippen MR) is 114 cm³/mol. The van der Waals surface area contributed by atoms with E-state index in [2.05, 4.69) is 10.0 Å². The number of carbonyl (C=O) groups is 2. The third-order valence-electron chi connectivity index (χ3n) is 5.62. The van der Waals surface area contributed by atoms with Gasteiger partial charge in [-0.15, -0.1) is 0 Å². The van der Waals surface area contributed by atoms with Gasteiger partial charge in [-0.3, -0.25) is 9.59 Å². The largest absolute Gasteiger partial charge is 0.376 e. The van der Waals surface area contributed by atoms with E-state index in [1.54, 1.807) is 37.8 Å². The van der Waals surface area contributed by atoms with Crippen LogP contribution in [0.5, 0.6) is 0 Å². The molecule has 2 amide bonds. The van der Waals surface area contributed by atoms with E-state index in [9.17, 15) is 18.0 Å². The molecule has 2 aliphatic rings. The summed E-state index contributed by atoms with van der Waals surface area (Å²) in [7, 11) is -3.90. The van der Waals surface area contributed by atoms with E-state index in [0.717, 1.165) is 24.1 Å². The lowest BCUT2D eigenvalue weighted by Gasteiger charge is -2.23. The van der Waals surface area contributed by atoms with Gasteiger partial charge in [0, 0.05) is 31.8 Å². The minimum Gasteiger partial charge on any atom is -0.376 e. The summed E-state index contributed by atoms with van der Waals surface area (Å²) in [5.74, 6) is -0.563. The number of hydrogen-bond donors (Lipinski definition) is 2. The predicted octanol–water partition coefficient (Wildman–Crippen LogP) is 1.58. The van der Waals surface area contributed by atoms with Crippen molar-refractivity contribution in [1.29, 1.82) is 0 Å². The molecule has 1 aromatic rings. The average molecular weight is 438 g/mol. The summed E-state index contributed by atoms with van der Waals surface area (Å²) in [6, 6.07) is 3.88. The second-order valence-electron chi connectivity index (χ2n) is 8.16. The zero-order valence-corrected chi connectivity index (χ0v) is 18.6. The number of hydrogen-bond acceptors (Lipinski definition) is 5. The van der Waals surface area contributed by atoms with Gasteiger partial charge in [-0.25, -0.2) is 8.42 Å². The van der Waals surface area contributed by atoms with Gasteiger partial charge in [0.15, 0.2) is 0 Å². The zero-order valence-electron chi connectivity index (χ0n) is 17.8. The first-order chi connectivity index (χ1) is 14.2. The highest BCUT2D eigenvalue weighted by Crippen LogP contribution is 2.30. The number of anilines is 1. The Kier molecular flexibility index (Phi) is 7.15. The van der Waals surface area contributed by atoms with Crippen LogP contribution in [0.15, 0.2) is 23.1 Å². The highest BCUT2D eigenvalue weighted by atomic mass is 32.2. The minimum atomic E-state index is -3.90. The molecule has 0 bridgehead atoms. The van der Waals surface area contributed by atoms with Crippen LogP contribution in [-0.4, -0.2) is 52.1 Å². The Morgan fingerprint density at radius 1 is 1.30 bits per heavy atom. The van der Waals surface area contributed by atoms with E-state index < -0.39 is 16.1 Å². The lowest BCUT2D eigenvalue weighted by atomic mass is 10.0. The van der Waals surface area contributed by atoms with Crippen molar-refractivity contribution in [2.24, 2.45) is 5.92 Å². The Hall–Kier alpha value is -1.97. The molecule has 0 spiro atoms. The van der Waals surface area contributed by atoms with Crippen molar-refractivity contribution in [3.63, 3.8) is 0 Å². The molecule has 0 aromatic heterocycles. The number of amides is 2. The van der Waals surface area contributed by atoms with Crippen LogP contribution in [0.4, 0.5) is 5.69 Å². The van der Waals surface area contributed by atoms with Crippen molar-refractivity contribution in [3.05, 3.63) is 23.8 Å². The van der Waals surface area contributed by atoms with Crippen LogP contribution in [0.2, 0.25) is 0 Å². The molecule has 0 saturated carbocycles. The number of rotatable bonds is 8. The van der Waals surface area contributed by atoms with Gasteiger partial charge in [0.2, 0.25) is 21.8 Å². The molecule has 0 unspecified atom stereocenters. The topological polar surface area (TPSA) is 105 Å². The highest BCUT2D eigenvalue weighted by Gasteiger charge is 2.31. The third-order valence-corrected chi connectivity index (χ3v) is 7.06. The minimum absolute atomic E-state index is 0.0103. The first-order valence-corrected chi connectivity index (χ1v) is 12.1. The molecular weight excluding hydrogens is 406 g/mol. The Balaban J connectivity index is 1.72. The van der Waals surface area contributed by atoms with E-state index in [0.29, 0.717) is 32.5 Å². The third kappa shape index (κ3) is 5.01. The smallest absolute Gasteiger partial charge is 0.241 e. The average Bonchev–Trinajstić information content (AvgIpc) is 3.38. The molecule has 3 rings (SSSR count). The van der Waals surface area contributed by atoms with Gasteiger partial charge in [0.25, 0.3) is 0 Å². The molecule has 9 heteroatoms. The standard InChI is InChI=1S/C21H31N3O5S/c1-4-19(25)24-10-9-15-12-17(7-8-18(15)24)30(27,28)23-20(14(2)3)21(26)22-13-16-6-5-11-29-16/h7-8,12,14,16,20,23H,4-6,9-11,13H2,1-3H3,(H,22,26)/t16-,20+/m1/s1. The van der Waals surface area contributed by atoms with Gasteiger partial charge in [-0.1, -0.05) is 20.8 Å². The molecule has 166 valence electrons. The molecule has 30 heavy (non-hydrogen) atoms. The van der Waals surface area contributed by atoms with Crippen molar-refractivity contribution in [2.45, 2.75) is 63.5 Å². The lowest BCUT2D eigenvalue weighted by Crippen LogP contribution is -2.50. The second kappa shape index (κ2) is 9.45. The van der Waals surface area contributed by atoms with E-state index in [1.807, 2.05) is 0 Å². The Bertz CT molecular complexity index is 894. The number of nitrogens with one attached hydrogen (secondary N) is 2. The van der Waals surface area contributed by atoms with Gasteiger partial charge in [0.1, 0.15) is 6.04 Å². The normalized spacial score (nSPS) is 19.7. The van der Waals surface area contributed by atoms with E-state index in [4.69, 9.17) is 4.74 Å². The van der Waals surface area contributed by atoms with Gasteiger partial charge < -0.3 is 15.0 Å². The number of benzene rings is 1. The number of ether oxygens (including phenoxy) is 1. The van der Waals surface area contributed by atoms with E-state index in [-0.39, 0.29) is 28.7 Å². The summed E-state index contributed by atoms with van der Waals surface area (Å²) in [5.41, 5.74) is 1.58. The molecule has 2 N–H and O–H groups in total. The molecular formula is C21H31N3O5S. The first kappa shape index (κ1) is 22.7. The molecule has 1 saturated heterocycles. The van der Waals surface area contributed by atoms with Gasteiger partial charge in [-0.05, 0) is 48.9 Å². The van der Waals surface area contributed by atoms with Crippen molar-refractivity contribution < 1.29 is 22.7 Å². The van der Waals surface area contributed by atoms with Gasteiger partial charge in [-0.2, -0.15) is 4.72 Å². The number of carbonyl (C=O) groups excluding carboxylic acids is 2. The van der Waals surface area contributed by atoms with Crippen LogP contribution in [0.1, 0.15) is 45.6 Å². The molecule has 2 heterocycles. The zero-order chi connectivity index (χ0) is 21.9. The van der Waals surface area contributed by atoms with Gasteiger partial charge >= 0.3 is 0 Å². The molecule has 0 radical (unpaired) electrons. The summed E-state index contributed by atoms with van der Waals surface area (Å²) in [6.45, 7) is 7.04. The molecule has 8 nitrogen and oxygen atoms in total. The van der Waals surface area contributed by atoms with E-state index >= 15 is 0 Å². The van der Waals surface area contributed by atoms with Crippen LogP contribution >= 0.6 is 0 Å². The molecule has 2 aliphatic heterocycles. The molecule has 2 atom stereocenters. The van der Waals surface area contributed by atoms with Crippen molar-refractivity contribution in [2.75, 3.05) is 24.6 Å². The number of fused-ring (bicyclic) bond motifs is 1. The fraction of sp³-hybridized carbons (Fsp3) is 0.619. The lowest BCUT2D eigenvalue weighted by molar-refractivity contribution is -0.124. The first-order valence-electron chi connectivity index (χ1n) is 10.6. The van der Waals surface area contributed by atoms with Crippen molar-refractivity contribution in [3.8, 4) is 0 Å². The van der Waals surface area contributed by atoms with Crippen LogP contribution in [0, 0.1) is 5.92 Å². The molecule has 1 aromatic carbocycles. The maximum absolute atomic E-state index is 13.0. The number of nitrogens with zero attached hydrogens (tertiary/aromatic N) is 1. The maximum Gasteiger partial charge on any atom is 0.241 e. The Morgan fingerprint density at radius 2 is 2.07 bits per heavy atom. The van der Waals surface area contributed by atoms with Crippen molar-refractivity contribution in [1.82, 2.24) is 10.0 Å².